The molecule has 3 aliphatic rings. The smallest absolute Gasteiger partial charge is 0.00256 e. The SMILES string of the molecule is CC1CCC(C(C)(C)C2CCC(C)CC2)CC1.CCc1cccc(CC)c1.Cc1ccc(CC2CCC(C)CC2)cc1.Cc1ccc(Cc2ccc(C)c(C)c2)cc1C.Cc1ccc(Cc2ccc(C)cc2)cc1. The fourth-order valence-electron chi connectivity index (χ4n) is 11.7. The molecule has 3 saturated carbocycles. The molecule has 3 fully saturated rings. The lowest BCUT2D eigenvalue weighted by Crippen LogP contribution is -2.36. The van der Waals surface area contributed by atoms with Gasteiger partial charge in [0.2, 0.25) is 0 Å². The van der Waals surface area contributed by atoms with Crippen LogP contribution < -0.4 is 0 Å². The largest absolute Gasteiger partial charge is 0.0625 e. The Morgan fingerprint density at radius 3 is 1.01 bits per heavy atom. The van der Waals surface area contributed by atoms with E-state index in [1.54, 1.807) is 0 Å². The number of hydrogen-bond donors (Lipinski definition) is 0. The molecule has 0 nitrogen and oxygen atoms in total. The van der Waals surface area contributed by atoms with Crippen molar-refractivity contribution >= 4 is 0 Å². The van der Waals surface area contributed by atoms with Crippen molar-refractivity contribution in [2.45, 2.75) is 206 Å². The lowest BCUT2D eigenvalue weighted by molar-refractivity contribution is 0.0421. The Bertz CT molecular complexity index is 2340. The first-order valence-corrected chi connectivity index (χ1v) is 29.8. The van der Waals surface area contributed by atoms with Crippen LogP contribution in [-0.4, -0.2) is 0 Å². The second-order valence-electron chi connectivity index (χ2n) is 24.7. The summed E-state index contributed by atoms with van der Waals surface area (Å²) in [5.74, 6) is 5.93. The summed E-state index contributed by atoms with van der Waals surface area (Å²) in [5.41, 5.74) is 20.1. The zero-order valence-corrected chi connectivity index (χ0v) is 49.7. The standard InChI is InChI=1S/C17H32.C17H20.C15H22.C15H16.C10H14/c1-13-5-9-15(10-6-13)17(3,4)16-11-7-14(2)8-12-16;1-12-5-7-16(9-14(12)3)11-17-8-6-13(2)15(4)10-17;2*1-12-3-7-14(8-4-12)11-15-9-5-13(2)6-10-15;1-3-9-6-5-7-10(4-2)8-9/h13-16H,5-12H2,1-4H3;5-10H,11H2,1-4H3;3-4,7-8,13,15H,5-6,9-11H2,1-2H3;3-10H,11H2,1-2H3;5-8H,3-4H2,1-2H3. The first-order chi connectivity index (χ1) is 35.4. The Morgan fingerprint density at radius 2 is 0.662 bits per heavy atom. The van der Waals surface area contributed by atoms with E-state index in [4.69, 9.17) is 0 Å². The van der Waals surface area contributed by atoms with Crippen LogP contribution in [0, 0.1) is 89.4 Å². The van der Waals surface area contributed by atoms with Crippen molar-refractivity contribution in [1.29, 1.82) is 0 Å². The van der Waals surface area contributed by atoms with Crippen LogP contribution in [-0.2, 0) is 32.1 Å². The third-order valence-corrected chi connectivity index (χ3v) is 17.9. The molecule has 0 unspecified atom stereocenters. The highest BCUT2D eigenvalue weighted by atomic mass is 14.4. The maximum absolute atomic E-state index is 2.58. The van der Waals surface area contributed by atoms with Gasteiger partial charge in [0.25, 0.3) is 0 Å². The molecule has 0 amide bonds. The van der Waals surface area contributed by atoms with Crippen LogP contribution in [0.1, 0.15) is 203 Å². The van der Waals surface area contributed by atoms with Gasteiger partial charge in [-0.3, -0.25) is 0 Å². The summed E-state index contributed by atoms with van der Waals surface area (Å²) in [4.78, 5) is 0. The molecule has 3 aliphatic carbocycles. The number of hydrogen-bond acceptors (Lipinski definition) is 0. The molecule has 0 heteroatoms. The Kier molecular flexibility index (Phi) is 25.0. The molecule has 0 spiro atoms. The third-order valence-electron chi connectivity index (χ3n) is 17.9. The van der Waals surface area contributed by atoms with Crippen molar-refractivity contribution in [2.75, 3.05) is 0 Å². The minimum absolute atomic E-state index is 0.611. The van der Waals surface area contributed by atoms with Crippen molar-refractivity contribution < 1.29 is 0 Å². The quantitative estimate of drug-likeness (QED) is 0.128. The minimum Gasteiger partial charge on any atom is -0.0625 e. The van der Waals surface area contributed by atoms with Crippen molar-refractivity contribution in [1.82, 2.24) is 0 Å². The van der Waals surface area contributed by atoms with Crippen LogP contribution in [0.4, 0.5) is 0 Å². The van der Waals surface area contributed by atoms with E-state index in [0.717, 1.165) is 61.2 Å². The predicted octanol–water partition coefficient (Wildman–Crippen LogP) is 21.2. The summed E-state index contributed by atoms with van der Waals surface area (Å²) >= 11 is 0. The van der Waals surface area contributed by atoms with E-state index in [1.165, 1.54) is 161 Å². The fourth-order valence-corrected chi connectivity index (χ4v) is 11.7. The molecular weight excluding hydrogens is 889 g/mol. The Morgan fingerprint density at radius 1 is 0.338 bits per heavy atom. The Balaban J connectivity index is 0.000000173. The van der Waals surface area contributed by atoms with Gasteiger partial charge in [-0.05, 0) is 221 Å². The third kappa shape index (κ3) is 20.8. The molecule has 0 bridgehead atoms. The molecule has 0 atom stereocenters. The van der Waals surface area contributed by atoms with Crippen molar-refractivity contribution in [3.63, 3.8) is 0 Å². The van der Waals surface area contributed by atoms with E-state index in [-0.39, 0.29) is 0 Å². The van der Waals surface area contributed by atoms with E-state index in [9.17, 15) is 0 Å². The molecular formula is C74H104. The molecule has 0 N–H and O–H groups in total. The molecule has 400 valence electrons. The fraction of sp³-hybridized carbons (Fsp3) is 0.514. The highest BCUT2D eigenvalue weighted by Gasteiger charge is 2.39. The van der Waals surface area contributed by atoms with Gasteiger partial charge >= 0.3 is 0 Å². The molecule has 0 aromatic heterocycles. The highest BCUT2D eigenvalue weighted by Crippen LogP contribution is 2.49. The second kappa shape index (κ2) is 30.8. The minimum atomic E-state index is 0.611. The molecule has 0 aliphatic heterocycles. The van der Waals surface area contributed by atoms with Crippen LogP contribution in [0.3, 0.4) is 0 Å². The van der Waals surface area contributed by atoms with E-state index in [2.05, 4.69) is 230 Å². The zero-order chi connectivity index (χ0) is 53.6. The molecule has 74 heavy (non-hydrogen) atoms. The predicted molar refractivity (Wildman–Crippen MR) is 327 cm³/mol. The van der Waals surface area contributed by atoms with Gasteiger partial charge in [-0.2, -0.15) is 0 Å². The molecule has 0 saturated heterocycles. The van der Waals surface area contributed by atoms with Crippen molar-refractivity contribution in [3.05, 3.63) is 211 Å². The molecule has 0 heterocycles. The molecule has 0 radical (unpaired) electrons. The molecule has 6 aromatic rings. The Hall–Kier alpha value is -4.68. The van der Waals surface area contributed by atoms with Gasteiger partial charge in [0.05, 0.1) is 0 Å². The average Bonchev–Trinajstić information content (AvgIpc) is 3.40. The van der Waals surface area contributed by atoms with Gasteiger partial charge in [-0.1, -0.05) is 237 Å². The highest BCUT2D eigenvalue weighted by molar-refractivity contribution is 5.37. The maximum atomic E-state index is 2.58. The summed E-state index contributed by atoms with van der Waals surface area (Å²) < 4.78 is 0. The van der Waals surface area contributed by atoms with Crippen LogP contribution in [0.5, 0.6) is 0 Å². The topological polar surface area (TPSA) is 0 Å². The van der Waals surface area contributed by atoms with E-state index in [0.29, 0.717) is 5.41 Å². The summed E-state index contributed by atoms with van der Waals surface area (Å²) in [6.45, 7) is 31.9. The lowest BCUT2D eigenvalue weighted by Gasteiger charge is -2.46. The Labute approximate surface area is 456 Å². The number of benzene rings is 6. The maximum Gasteiger partial charge on any atom is -0.00256 e. The second-order valence-corrected chi connectivity index (χ2v) is 24.7. The summed E-state index contributed by atoms with van der Waals surface area (Å²) in [6, 6.07) is 48.8. The monoisotopic (exact) mass is 993 g/mol. The number of rotatable bonds is 10. The molecule has 9 rings (SSSR count). The summed E-state index contributed by atoms with van der Waals surface area (Å²) in [7, 11) is 0. The molecule has 6 aromatic carbocycles. The first-order valence-electron chi connectivity index (χ1n) is 29.8. The van der Waals surface area contributed by atoms with Crippen LogP contribution in [0.25, 0.3) is 0 Å². The van der Waals surface area contributed by atoms with Gasteiger partial charge in [-0.25, -0.2) is 0 Å². The van der Waals surface area contributed by atoms with Crippen LogP contribution in [0.2, 0.25) is 0 Å². The van der Waals surface area contributed by atoms with Crippen LogP contribution >= 0.6 is 0 Å². The number of aryl methyl sites for hydroxylation is 9. The van der Waals surface area contributed by atoms with Gasteiger partial charge in [-0.15, -0.1) is 0 Å². The van der Waals surface area contributed by atoms with Gasteiger partial charge in [0, 0.05) is 0 Å². The normalized spacial score (nSPS) is 20.5. The van der Waals surface area contributed by atoms with Gasteiger partial charge in [0.15, 0.2) is 0 Å². The summed E-state index contributed by atoms with van der Waals surface area (Å²) in [6.07, 6.45) is 23.3. The van der Waals surface area contributed by atoms with Gasteiger partial charge in [0.1, 0.15) is 0 Å². The van der Waals surface area contributed by atoms with Crippen molar-refractivity contribution in [3.8, 4) is 0 Å². The average molecular weight is 994 g/mol. The first kappa shape index (κ1) is 60.2. The van der Waals surface area contributed by atoms with E-state index in [1.807, 2.05) is 0 Å². The van der Waals surface area contributed by atoms with Crippen LogP contribution in [0.15, 0.2) is 133 Å². The van der Waals surface area contributed by atoms with E-state index < -0.39 is 0 Å². The van der Waals surface area contributed by atoms with Gasteiger partial charge < -0.3 is 0 Å². The van der Waals surface area contributed by atoms with E-state index >= 15 is 0 Å². The summed E-state index contributed by atoms with van der Waals surface area (Å²) in [5, 5.41) is 0. The zero-order valence-electron chi connectivity index (χ0n) is 49.7. The lowest BCUT2D eigenvalue weighted by atomic mass is 9.59. The van der Waals surface area contributed by atoms with Crippen molar-refractivity contribution in [2.24, 2.45) is 40.9 Å².